The van der Waals surface area contributed by atoms with Gasteiger partial charge in [0, 0.05) is 12.6 Å². The van der Waals surface area contributed by atoms with Gasteiger partial charge in [-0.25, -0.2) is 17.2 Å². The normalized spacial score (nSPS) is 11.4. The van der Waals surface area contributed by atoms with Gasteiger partial charge in [0.05, 0.1) is 19.3 Å². The van der Waals surface area contributed by atoms with Crippen molar-refractivity contribution in [3.63, 3.8) is 0 Å². The van der Waals surface area contributed by atoms with E-state index in [1.807, 2.05) is 30.3 Å². The average Bonchev–Trinajstić information content (AvgIpc) is 2.79. The van der Waals surface area contributed by atoms with Gasteiger partial charge < -0.3 is 10.1 Å². The Bertz CT molecular complexity index is 1230. The van der Waals surface area contributed by atoms with E-state index in [1.165, 1.54) is 13.2 Å². The number of carbonyl (C=O) groups excluding carboxylic acids is 1. The molecule has 0 unspecified atom stereocenters. The Balaban J connectivity index is 1.90. The first-order valence-corrected chi connectivity index (χ1v) is 11.6. The zero-order valence-corrected chi connectivity index (χ0v) is 19.0. The van der Waals surface area contributed by atoms with Gasteiger partial charge in [0.15, 0.2) is 0 Å². The highest BCUT2D eigenvalue weighted by molar-refractivity contribution is 7.89. The molecule has 0 aromatic heterocycles. The van der Waals surface area contributed by atoms with Gasteiger partial charge in [-0.2, -0.15) is 4.31 Å². The molecule has 174 valence electrons. The first-order chi connectivity index (χ1) is 15.7. The lowest BCUT2D eigenvalue weighted by molar-refractivity contribution is -0.116. The number of methoxy groups -OCH3 is 1. The smallest absolute Gasteiger partial charge is 0.247 e. The third-order valence-corrected chi connectivity index (χ3v) is 6.82. The summed E-state index contributed by atoms with van der Waals surface area (Å²) < 4.78 is 60.4. The lowest BCUT2D eigenvalue weighted by Gasteiger charge is -2.23. The van der Waals surface area contributed by atoms with Crippen molar-refractivity contribution in [2.24, 2.45) is 0 Å². The number of amides is 1. The third kappa shape index (κ3) is 6.15. The van der Waals surface area contributed by atoms with Gasteiger partial charge in [0.25, 0.3) is 0 Å². The summed E-state index contributed by atoms with van der Waals surface area (Å²) in [7, 11) is -2.78. The van der Waals surface area contributed by atoms with Crippen LogP contribution in [0.5, 0.6) is 5.75 Å². The van der Waals surface area contributed by atoms with E-state index in [1.54, 1.807) is 19.1 Å². The number of anilines is 1. The number of rotatable bonds is 9. The standard InChI is InChI=1S/C24H24F2N2O4S/c1-17-8-11-22(32-2)23(14-17)33(30,31)28(13-12-18-6-4-3-5-7-18)16-24(29)27-21-10-9-19(25)15-20(21)26/h3-11,14-15H,12-13,16H2,1-2H3,(H,27,29). The summed E-state index contributed by atoms with van der Waals surface area (Å²) in [5.74, 6) is -2.36. The summed E-state index contributed by atoms with van der Waals surface area (Å²) >= 11 is 0. The third-order valence-electron chi connectivity index (χ3n) is 4.95. The van der Waals surface area contributed by atoms with Gasteiger partial charge in [-0.15, -0.1) is 0 Å². The summed E-state index contributed by atoms with van der Waals surface area (Å²) in [5, 5.41) is 2.31. The predicted octanol–water partition coefficient (Wildman–Crippen LogP) is 4.15. The van der Waals surface area contributed by atoms with Crippen LogP contribution in [0.15, 0.2) is 71.6 Å². The van der Waals surface area contributed by atoms with Crippen molar-refractivity contribution in [3.05, 3.63) is 89.5 Å². The summed E-state index contributed by atoms with van der Waals surface area (Å²) in [6, 6.07) is 16.7. The van der Waals surface area contributed by atoms with E-state index in [0.29, 0.717) is 18.1 Å². The minimum Gasteiger partial charge on any atom is -0.495 e. The molecule has 0 spiro atoms. The Labute approximate surface area is 191 Å². The Hall–Kier alpha value is -3.30. The average molecular weight is 475 g/mol. The van der Waals surface area contributed by atoms with Crippen molar-refractivity contribution in [2.45, 2.75) is 18.2 Å². The Morgan fingerprint density at radius 2 is 1.76 bits per heavy atom. The lowest BCUT2D eigenvalue weighted by Crippen LogP contribution is -2.39. The molecule has 0 atom stereocenters. The van der Waals surface area contributed by atoms with Gasteiger partial charge in [-0.05, 0) is 48.7 Å². The van der Waals surface area contributed by atoms with Crippen molar-refractivity contribution in [2.75, 3.05) is 25.5 Å². The molecule has 0 fully saturated rings. The highest BCUT2D eigenvalue weighted by Gasteiger charge is 2.30. The molecule has 0 aliphatic heterocycles. The van der Waals surface area contributed by atoms with Crippen molar-refractivity contribution >= 4 is 21.6 Å². The molecule has 0 saturated heterocycles. The van der Waals surface area contributed by atoms with Crippen LogP contribution >= 0.6 is 0 Å². The van der Waals surface area contributed by atoms with Crippen LogP contribution in [0.3, 0.4) is 0 Å². The first kappa shape index (κ1) is 24.3. The second-order valence-electron chi connectivity index (χ2n) is 7.40. The number of aryl methyl sites for hydroxylation is 1. The first-order valence-electron chi connectivity index (χ1n) is 10.1. The fourth-order valence-electron chi connectivity index (χ4n) is 3.25. The van der Waals surface area contributed by atoms with Gasteiger partial charge in [-0.3, -0.25) is 4.79 Å². The van der Waals surface area contributed by atoms with Crippen LogP contribution in [-0.2, 0) is 21.2 Å². The van der Waals surface area contributed by atoms with Crippen LogP contribution in [0, 0.1) is 18.6 Å². The van der Waals surface area contributed by atoms with Crippen molar-refractivity contribution < 1.29 is 26.7 Å². The molecule has 3 rings (SSSR count). The molecule has 0 aliphatic rings. The number of hydrogen-bond acceptors (Lipinski definition) is 4. The van der Waals surface area contributed by atoms with Crippen LogP contribution in [-0.4, -0.2) is 38.8 Å². The van der Waals surface area contributed by atoms with E-state index >= 15 is 0 Å². The number of nitrogens with one attached hydrogen (secondary N) is 1. The summed E-state index contributed by atoms with van der Waals surface area (Å²) in [6.45, 7) is 1.18. The van der Waals surface area contributed by atoms with Crippen LogP contribution in [0.4, 0.5) is 14.5 Å². The molecular formula is C24H24F2N2O4S. The number of sulfonamides is 1. The molecule has 9 heteroatoms. The highest BCUT2D eigenvalue weighted by Crippen LogP contribution is 2.28. The molecule has 1 N–H and O–H groups in total. The maximum absolute atomic E-state index is 14.0. The largest absolute Gasteiger partial charge is 0.495 e. The van der Waals surface area contributed by atoms with Gasteiger partial charge >= 0.3 is 0 Å². The molecule has 0 bridgehead atoms. The van der Waals surface area contributed by atoms with Crippen molar-refractivity contribution in [3.8, 4) is 5.75 Å². The number of hydrogen-bond donors (Lipinski definition) is 1. The molecule has 1 amide bonds. The molecular weight excluding hydrogens is 450 g/mol. The number of halogens is 2. The second-order valence-corrected chi connectivity index (χ2v) is 9.31. The van der Waals surface area contributed by atoms with Crippen LogP contribution < -0.4 is 10.1 Å². The van der Waals surface area contributed by atoms with Crippen molar-refractivity contribution in [1.82, 2.24) is 4.31 Å². The molecule has 0 saturated carbocycles. The number of ether oxygens (including phenoxy) is 1. The zero-order valence-electron chi connectivity index (χ0n) is 18.2. The van der Waals surface area contributed by atoms with Crippen LogP contribution in [0.2, 0.25) is 0 Å². The molecule has 0 radical (unpaired) electrons. The maximum atomic E-state index is 14.0. The minimum absolute atomic E-state index is 0.00274. The number of benzene rings is 3. The molecule has 3 aromatic rings. The molecule has 0 aliphatic carbocycles. The van der Waals surface area contributed by atoms with Crippen molar-refractivity contribution in [1.29, 1.82) is 0 Å². The van der Waals surface area contributed by atoms with E-state index in [0.717, 1.165) is 22.0 Å². The quantitative estimate of drug-likeness (QED) is 0.506. The number of carbonyl (C=O) groups is 1. The summed E-state index contributed by atoms with van der Waals surface area (Å²) in [5.41, 5.74) is 1.35. The summed E-state index contributed by atoms with van der Waals surface area (Å²) in [6.07, 6.45) is 0.354. The minimum atomic E-state index is -4.15. The maximum Gasteiger partial charge on any atom is 0.247 e. The van der Waals surface area contributed by atoms with Gasteiger partial charge in [0.2, 0.25) is 15.9 Å². The van der Waals surface area contributed by atoms with Gasteiger partial charge in [0.1, 0.15) is 22.3 Å². The molecule has 33 heavy (non-hydrogen) atoms. The monoisotopic (exact) mass is 474 g/mol. The topological polar surface area (TPSA) is 75.7 Å². The fourth-order valence-corrected chi connectivity index (χ4v) is 4.89. The Kier molecular flexibility index (Phi) is 7.78. The zero-order chi connectivity index (χ0) is 24.0. The predicted molar refractivity (Wildman–Crippen MR) is 122 cm³/mol. The molecule has 6 nitrogen and oxygen atoms in total. The highest BCUT2D eigenvalue weighted by atomic mass is 32.2. The van der Waals surface area contributed by atoms with Crippen LogP contribution in [0.1, 0.15) is 11.1 Å². The van der Waals surface area contributed by atoms with E-state index < -0.39 is 34.1 Å². The van der Waals surface area contributed by atoms with Crippen LogP contribution in [0.25, 0.3) is 0 Å². The molecule has 3 aromatic carbocycles. The van der Waals surface area contributed by atoms with E-state index in [4.69, 9.17) is 4.74 Å². The van der Waals surface area contributed by atoms with E-state index in [-0.39, 0.29) is 22.9 Å². The molecule has 0 heterocycles. The fraction of sp³-hybridized carbons (Fsp3) is 0.208. The van der Waals surface area contributed by atoms with E-state index in [2.05, 4.69) is 5.32 Å². The Morgan fingerprint density at radius 3 is 2.42 bits per heavy atom. The lowest BCUT2D eigenvalue weighted by atomic mass is 10.1. The Morgan fingerprint density at radius 1 is 1.03 bits per heavy atom. The van der Waals surface area contributed by atoms with Gasteiger partial charge in [-0.1, -0.05) is 36.4 Å². The van der Waals surface area contributed by atoms with E-state index in [9.17, 15) is 22.0 Å². The second kappa shape index (κ2) is 10.5. The SMILES string of the molecule is COc1ccc(C)cc1S(=O)(=O)N(CCc1ccccc1)CC(=O)Nc1ccc(F)cc1F. The summed E-state index contributed by atoms with van der Waals surface area (Å²) in [4.78, 5) is 12.6. The number of nitrogens with zero attached hydrogens (tertiary/aromatic N) is 1.